The maximum atomic E-state index is 13.8. The molecule has 2 aromatic carbocycles. The lowest BCUT2D eigenvalue weighted by Crippen LogP contribution is -2.48. The molecule has 2 N–H and O–H groups in total. The summed E-state index contributed by atoms with van der Waals surface area (Å²) in [6, 6.07) is 8.68. The van der Waals surface area contributed by atoms with Crippen molar-refractivity contribution in [3.8, 4) is 5.75 Å². The van der Waals surface area contributed by atoms with Crippen LogP contribution in [-0.2, 0) is 16.0 Å². The number of hydrogen-bond donors (Lipinski definition) is 2. The molecule has 0 saturated carbocycles. The van der Waals surface area contributed by atoms with Crippen LogP contribution in [0, 0.1) is 5.82 Å². The van der Waals surface area contributed by atoms with Crippen LogP contribution in [-0.4, -0.2) is 59.0 Å². The highest BCUT2D eigenvalue weighted by Crippen LogP contribution is 2.33. The Labute approximate surface area is 201 Å². The van der Waals surface area contributed by atoms with Gasteiger partial charge in [0.2, 0.25) is 5.91 Å². The normalized spacial score (nSPS) is 14.0. The molecule has 0 aliphatic carbocycles. The van der Waals surface area contributed by atoms with Crippen molar-refractivity contribution in [2.75, 3.05) is 20.2 Å². The highest BCUT2D eigenvalue weighted by Gasteiger charge is 2.32. The zero-order valence-corrected chi connectivity index (χ0v) is 19.5. The summed E-state index contributed by atoms with van der Waals surface area (Å²) in [6.07, 6.45) is 3.15. The number of rotatable bonds is 5. The second-order valence-corrected chi connectivity index (χ2v) is 8.53. The summed E-state index contributed by atoms with van der Waals surface area (Å²) < 4.78 is 18.1. The van der Waals surface area contributed by atoms with Crippen molar-refractivity contribution in [1.29, 1.82) is 0 Å². The number of nitrogens with zero attached hydrogens (tertiary/aromatic N) is 2. The molecule has 1 aliphatic rings. The molecule has 0 spiro atoms. The van der Waals surface area contributed by atoms with Crippen LogP contribution in [0.2, 0.25) is 0 Å². The number of fused-ring (bicyclic) bond motifs is 1. The van der Waals surface area contributed by atoms with Gasteiger partial charge < -0.3 is 15.2 Å². The molecular formula is C26H26FN3O5. The summed E-state index contributed by atoms with van der Waals surface area (Å²) in [7, 11) is 1.17. The fourth-order valence-corrected chi connectivity index (χ4v) is 4.46. The first-order chi connectivity index (χ1) is 16.8. The van der Waals surface area contributed by atoms with E-state index in [1.165, 1.54) is 43.3 Å². The molecule has 0 radical (unpaired) electrons. The molecule has 8 nitrogen and oxygen atoms in total. The smallest absolute Gasteiger partial charge is 0.341 e. The zero-order valence-electron chi connectivity index (χ0n) is 19.5. The average molecular weight is 480 g/mol. The van der Waals surface area contributed by atoms with Gasteiger partial charge in [0, 0.05) is 24.5 Å². The molecule has 1 aromatic heterocycles. The van der Waals surface area contributed by atoms with Gasteiger partial charge in [-0.1, -0.05) is 12.1 Å². The molecule has 9 heteroatoms. The van der Waals surface area contributed by atoms with Gasteiger partial charge in [-0.3, -0.25) is 19.5 Å². The quantitative estimate of drug-likeness (QED) is 0.541. The molecule has 3 aromatic rings. The molecule has 1 saturated heterocycles. The van der Waals surface area contributed by atoms with Crippen molar-refractivity contribution in [1.82, 2.24) is 15.2 Å². The Morgan fingerprint density at radius 1 is 1.11 bits per heavy atom. The third-order valence-corrected chi connectivity index (χ3v) is 6.19. The van der Waals surface area contributed by atoms with Crippen molar-refractivity contribution < 1.29 is 28.6 Å². The fourth-order valence-electron chi connectivity index (χ4n) is 4.46. The summed E-state index contributed by atoms with van der Waals surface area (Å²) >= 11 is 0. The van der Waals surface area contributed by atoms with Gasteiger partial charge in [-0.05, 0) is 67.7 Å². The average Bonchev–Trinajstić information content (AvgIpc) is 2.85. The number of nitrogens with one attached hydrogen (secondary N) is 1. The predicted molar refractivity (Wildman–Crippen MR) is 127 cm³/mol. The number of benzene rings is 2. The van der Waals surface area contributed by atoms with Gasteiger partial charge in [-0.2, -0.15) is 0 Å². The first-order valence-corrected chi connectivity index (χ1v) is 11.3. The van der Waals surface area contributed by atoms with Crippen LogP contribution >= 0.6 is 0 Å². The van der Waals surface area contributed by atoms with E-state index in [0.29, 0.717) is 43.3 Å². The van der Waals surface area contributed by atoms with E-state index in [2.05, 4.69) is 10.3 Å². The number of amides is 2. The fraction of sp³-hybridized carbons (Fsp3) is 0.308. The van der Waals surface area contributed by atoms with Crippen molar-refractivity contribution in [3.63, 3.8) is 0 Å². The van der Waals surface area contributed by atoms with E-state index < -0.39 is 23.5 Å². The number of aromatic nitrogens is 1. The summed E-state index contributed by atoms with van der Waals surface area (Å²) in [5.74, 6) is -2.56. The number of methoxy groups -OCH3 is 1. The Balaban J connectivity index is 1.85. The molecule has 182 valence electrons. The molecular weight excluding hydrogens is 453 g/mol. The molecule has 1 fully saturated rings. The van der Waals surface area contributed by atoms with Gasteiger partial charge in [0.05, 0.1) is 12.7 Å². The number of esters is 1. The van der Waals surface area contributed by atoms with Gasteiger partial charge in [0.1, 0.15) is 16.9 Å². The Morgan fingerprint density at radius 2 is 1.80 bits per heavy atom. The van der Waals surface area contributed by atoms with E-state index in [4.69, 9.17) is 4.74 Å². The number of piperidine rings is 1. The lowest BCUT2D eigenvalue weighted by atomic mass is 9.97. The van der Waals surface area contributed by atoms with Crippen LogP contribution in [0.4, 0.5) is 4.39 Å². The minimum absolute atomic E-state index is 0.0490. The van der Waals surface area contributed by atoms with E-state index in [0.717, 1.165) is 5.56 Å². The first-order valence-electron chi connectivity index (χ1n) is 11.3. The van der Waals surface area contributed by atoms with Crippen LogP contribution in [0.5, 0.6) is 5.75 Å². The van der Waals surface area contributed by atoms with Crippen LogP contribution in [0.3, 0.4) is 0 Å². The summed E-state index contributed by atoms with van der Waals surface area (Å²) in [4.78, 5) is 44.2. The molecule has 35 heavy (non-hydrogen) atoms. The third kappa shape index (κ3) is 5.00. The second kappa shape index (κ2) is 10.2. The van der Waals surface area contributed by atoms with Gasteiger partial charge in [0.15, 0.2) is 5.75 Å². The maximum Gasteiger partial charge on any atom is 0.341 e. The van der Waals surface area contributed by atoms with Crippen molar-refractivity contribution in [3.05, 3.63) is 70.7 Å². The Morgan fingerprint density at radius 3 is 2.43 bits per heavy atom. The maximum absolute atomic E-state index is 13.8. The van der Waals surface area contributed by atoms with Crippen LogP contribution in [0.25, 0.3) is 10.9 Å². The highest BCUT2D eigenvalue weighted by atomic mass is 19.1. The summed E-state index contributed by atoms with van der Waals surface area (Å²) in [5.41, 5.74) is 1.44. The standard InChI is InChI=1S/C26H26FN3O5/c1-15(31)30(19-7-9-28-10-8-19)25(33)21-13-22(26(34)35-2)24(32)23-20(21)12-17(14-29-23)11-16-3-5-18(27)6-4-16/h3-6,12-14,19,28,32H,7-11H2,1-2H3. The Bertz CT molecular complexity index is 1290. The lowest BCUT2D eigenvalue weighted by molar-refractivity contribution is -0.128. The topological polar surface area (TPSA) is 109 Å². The number of aromatic hydroxyl groups is 1. The minimum Gasteiger partial charge on any atom is -0.505 e. The largest absolute Gasteiger partial charge is 0.505 e. The zero-order chi connectivity index (χ0) is 25.1. The number of ether oxygens (including phenoxy) is 1. The Hall–Kier alpha value is -3.85. The van der Waals surface area contributed by atoms with E-state index in [1.807, 2.05) is 0 Å². The van der Waals surface area contributed by atoms with Crippen LogP contribution in [0.15, 0.2) is 42.6 Å². The third-order valence-electron chi connectivity index (χ3n) is 6.19. The van der Waals surface area contributed by atoms with E-state index >= 15 is 0 Å². The molecule has 4 rings (SSSR count). The molecule has 2 amide bonds. The number of pyridine rings is 1. The molecule has 0 unspecified atom stereocenters. The van der Waals surface area contributed by atoms with Crippen LogP contribution in [0.1, 0.15) is 51.6 Å². The van der Waals surface area contributed by atoms with Crippen molar-refractivity contribution in [2.24, 2.45) is 0 Å². The van der Waals surface area contributed by atoms with Crippen molar-refractivity contribution in [2.45, 2.75) is 32.2 Å². The van der Waals surface area contributed by atoms with Gasteiger partial charge >= 0.3 is 5.97 Å². The number of phenolic OH excluding ortho intramolecular Hbond substituents is 1. The number of imide groups is 1. The lowest BCUT2D eigenvalue weighted by Gasteiger charge is -2.32. The number of hydrogen-bond acceptors (Lipinski definition) is 7. The van der Waals surface area contributed by atoms with Gasteiger partial charge in [-0.15, -0.1) is 0 Å². The van der Waals surface area contributed by atoms with E-state index in [1.54, 1.807) is 18.2 Å². The molecule has 2 heterocycles. The highest BCUT2D eigenvalue weighted by molar-refractivity contribution is 6.15. The van der Waals surface area contributed by atoms with Crippen molar-refractivity contribution >= 4 is 28.7 Å². The van der Waals surface area contributed by atoms with Gasteiger partial charge in [0.25, 0.3) is 5.91 Å². The van der Waals surface area contributed by atoms with Gasteiger partial charge in [-0.25, -0.2) is 9.18 Å². The summed E-state index contributed by atoms with van der Waals surface area (Å²) in [6.45, 7) is 2.69. The molecule has 1 aliphatic heterocycles. The predicted octanol–water partition coefficient (Wildman–Crippen LogP) is 3.20. The van der Waals surface area contributed by atoms with Crippen LogP contribution < -0.4 is 5.32 Å². The summed E-state index contributed by atoms with van der Waals surface area (Å²) in [5, 5.41) is 14.3. The Kier molecular flexibility index (Phi) is 7.07. The number of phenols is 1. The molecule has 0 bridgehead atoms. The van der Waals surface area contributed by atoms with E-state index in [9.17, 15) is 23.9 Å². The molecule has 0 atom stereocenters. The SMILES string of the molecule is COC(=O)c1cc(C(=O)N(C(C)=O)C2CCNCC2)c2cc(Cc3ccc(F)cc3)cnc2c1O. The number of carbonyl (C=O) groups is 3. The van der Waals surface area contributed by atoms with E-state index in [-0.39, 0.29) is 28.5 Å². The number of halogens is 1. The monoisotopic (exact) mass is 479 g/mol. The number of carbonyl (C=O) groups excluding carboxylic acids is 3. The second-order valence-electron chi connectivity index (χ2n) is 8.53. The minimum atomic E-state index is -0.827. The first kappa shape index (κ1) is 24.3.